The molecule has 0 amide bonds. The van der Waals surface area contributed by atoms with Gasteiger partial charge in [-0.3, -0.25) is 0 Å². The van der Waals surface area contributed by atoms with Crippen LogP contribution in [-0.2, 0) is 29.0 Å². The normalized spacial score (nSPS) is 18.7. The van der Waals surface area contributed by atoms with Gasteiger partial charge in [-0.25, -0.2) is 27.9 Å². The maximum Gasteiger partial charge on any atom is 0.335 e. The zero-order valence-corrected chi connectivity index (χ0v) is 24.9. The third-order valence-corrected chi connectivity index (χ3v) is 8.59. The standard InChI is InChI=1S/C35H27F3N4O5/c36-26-10-20(16-39)4-5-22(26)17-45-33-3-1-2-29(41-33)25-14-27(37)23(11-28(25)38)13-32-40-30-7-6-21(34(43)44)12-31(30)42(32)18-35-15-24(46-19-35)8-9-47-35/h1-7,10-12,14,24H,8-9,13,15,17-19H2,(H,43,44)/t24-,35+/m0/s1. The highest BCUT2D eigenvalue weighted by Crippen LogP contribution is 2.37. The minimum absolute atomic E-state index is 0.0487. The van der Waals surface area contributed by atoms with E-state index in [0.29, 0.717) is 43.0 Å². The molecule has 2 bridgehead atoms. The molecule has 5 aromatic rings. The van der Waals surface area contributed by atoms with Gasteiger partial charge in [-0.15, -0.1) is 0 Å². The van der Waals surface area contributed by atoms with Gasteiger partial charge in [0, 0.05) is 30.0 Å². The third kappa shape index (κ3) is 6.03. The molecular formula is C35H27F3N4O5. The Morgan fingerprint density at radius 1 is 1.04 bits per heavy atom. The highest BCUT2D eigenvalue weighted by Gasteiger charge is 2.45. The number of ether oxygens (including phenoxy) is 3. The number of pyridine rings is 1. The van der Waals surface area contributed by atoms with Crippen molar-refractivity contribution in [2.45, 2.75) is 44.1 Å². The van der Waals surface area contributed by atoms with Gasteiger partial charge in [-0.2, -0.15) is 5.26 Å². The first kappa shape index (κ1) is 30.4. The summed E-state index contributed by atoms with van der Waals surface area (Å²) < 4.78 is 65.1. The van der Waals surface area contributed by atoms with Crippen molar-refractivity contribution in [1.82, 2.24) is 14.5 Å². The molecular weight excluding hydrogens is 613 g/mol. The molecule has 2 aromatic heterocycles. The SMILES string of the molecule is N#Cc1ccc(COc2cccc(-c3cc(F)c(Cc4nc5ccc(C(=O)O)cc5n4C[C@]45CO[C@@H](CCO4)C5)cc3F)n2)c(F)c1. The fourth-order valence-electron chi connectivity index (χ4n) is 6.18. The summed E-state index contributed by atoms with van der Waals surface area (Å²) in [6.07, 6.45) is 1.46. The maximum absolute atomic E-state index is 15.7. The van der Waals surface area contributed by atoms with Crippen LogP contribution in [0, 0.1) is 28.8 Å². The van der Waals surface area contributed by atoms with Crippen molar-refractivity contribution < 1.29 is 37.3 Å². The zero-order chi connectivity index (χ0) is 32.7. The molecule has 12 heteroatoms. The molecule has 2 atom stereocenters. The Bertz CT molecular complexity index is 2070. The summed E-state index contributed by atoms with van der Waals surface area (Å²) in [5.41, 5.74) is 0.964. The van der Waals surface area contributed by atoms with Crippen molar-refractivity contribution in [3.05, 3.63) is 112 Å². The van der Waals surface area contributed by atoms with Gasteiger partial charge in [0.05, 0.1) is 59.8 Å². The van der Waals surface area contributed by atoms with Gasteiger partial charge >= 0.3 is 5.97 Å². The van der Waals surface area contributed by atoms with Crippen molar-refractivity contribution in [3.8, 4) is 23.2 Å². The van der Waals surface area contributed by atoms with Crippen molar-refractivity contribution >= 4 is 17.0 Å². The number of rotatable bonds is 9. The summed E-state index contributed by atoms with van der Waals surface area (Å²) in [4.78, 5) is 20.7. The smallest absolute Gasteiger partial charge is 0.335 e. The first-order valence-corrected chi connectivity index (χ1v) is 14.9. The zero-order valence-electron chi connectivity index (χ0n) is 24.9. The molecule has 47 heavy (non-hydrogen) atoms. The number of carboxylic acids is 1. The summed E-state index contributed by atoms with van der Waals surface area (Å²) >= 11 is 0. The number of nitriles is 1. The van der Waals surface area contributed by atoms with E-state index in [9.17, 15) is 14.3 Å². The quantitative estimate of drug-likeness (QED) is 0.202. The van der Waals surface area contributed by atoms with Crippen molar-refractivity contribution in [1.29, 1.82) is 5.26 Å². The van der Waals surface area contributed by atoms with E-state index in [2.05, 4.69) is 4.98 Å². The molecule has 0 spiro atoms. The fourth-order valence-corrected chi connectivity index (χ4v) is 6.18. The first-order chi connectivity index (χ1) is 22.7. The molecule has 3 aromatic carbocycles. The maximum atomic E-state index is 15.7. The summed E-state index contributed by atoms with van der Waals surface area (Å²) in [6.45, 7) is 1.02. The average Bonchev–Trinajstić information content (AvgIpc) is 3.55. The monoisotopic (exact) mass is 640 g/mol. The number of fused-ring (bicyclic) bond motifs is 3. The summed E-state index contributed by atoms with van der Waals surface area (Å²) in [5, 5.41) is 18.5. The second-order valence-corrected chi connectivity index (χ2v) is 11.7. The Kier molecular flexibility index (Phi) is 7.87. The van der Waals surface area contributed by atoms with Crippen LogP contribution in [0.5, 0.6) is 5.88 Å². The van der Waals surface area contributed by atoms with Crippen LogP contribution in [0.15, 0.2) is 66.7 Å². The van der Waals surface area contributed by atoms with E-state index in [1.54, 1.807) is 12.1 Å². The van der Waals surface area contributed by atoms with E-state index in [4.69, 9.17) is 24.5 Å². The van der Waals surface area contributed by atoms with Crippen molar-refractivity contribution in [3.63, 3.8) is 0 Å². The Hall–Kier alpha value is -5.25. The highest BCUT2D eigenvalue weighted by atomic mass is 19.1. The van der Waals surface area contributed by atoms with E-state index in [1.165, 1.54) is 36.4 Å². The molecule has 2 aliphatic rings. The molecule has 0 saturated carbocycles. The number of benzene rings is 3. The number of aromatic nitrogens is 3. The minimum Gasteiger partial charge on any atom is -0.478 e. The highest BCUT2D eigenvalue weighted by molar-refractivity contribution is 5.92. The number of halogens is 3. The van der Waals surface area contributed by atoms with Gasteiger partial charge in [0.1, 0.15) is 35.5 Å². The van der Waals surface area contributed by atoms with E-state index >= 15 is 8.78 Å². The molecule has 7 rings (SSSR count). The fraction of sp³-hybridized carbons (Fsp3) is 0.257. The third-order valence-electron chi connectivity index (χ3n) is 8.59. The lowest BCUT2D eigenvalue weighted by Gasteiger charge is -2.32. The van der Waals surface area contributed by atoms with Crippen LogP contribution in [0.2, 0.25) is 0 Å². The summed E-state index contributed by atoms with van der Waals surface area (Å²) in [6, 6.07) is 17.2. The van der Waals surface area contributed by atoms with Crippen LogP contribution in [0.1, 0.15) is 45.7 Å². The lowest BCUT2D eigenvalue weighted by atomic mass is 9.95. The minimum atomic E-state index is -1.09. The number of imidazole rings is 1. The van der Waals surface area contributed by atoms with Gasteiger partial charge in [0.15, 0.2) is 0 Å². The topological polar surface area (TPSA) is 119 Å². The number of hydrogen-bond acceptors (Lipinski definition) is 7. The van der Waals surface area contributed by atoms with Crippen molar-refractivity contribution in [2.75, 3.05) is 13.2 Å². The molecule has 2 fully saturated rings. The Morgan fingerprint density at radius 3 is 2.70 bits per heavy atom. The number of nitrogens with zero attached hydrogens (tertiary/aromatic N) is 4. The van der Waals surface area contributed by atoms with Crippen LogP contribution in [0.3, 0.4) is 0 Å². The second kappa shape index (κ2) is 12.2. The molecule has 4 heterocycles. The van der Waals surface area contributed by atoms with Crippen LogP contribution in [0.4, 0.5) is 13.2 Å². The van der Waals surface area contributed by atoms with Crippen LogP contribution < -0.4 is 4.74 Å². The number of hydrogen-bond donors (Lipinski definition) is 1. The Balaban J connectivity index is 1.17. The molecule has 1 N–H and O–H groups in total. The van der Waals surface area contributed by atoms with Gasteiger partial charge < -0.3 is 23.9 Å². The number of carboxylic acid groups (broad SMARTS) is 1. The lowest BCUT2D eigenvalue weighted by Crippen LogP contribution is -2.41. The van der Waals surface area contributed by atoms with E-state index < -0.39 is 29.0 Å². The molecule has 0 radical (unpaired) electrons. The van der Waals surface area contributed by atoms with Gasteiger partial charge in [0.25, 0.3) is 0 Å². The predicted molar refractivity (Wildman–Crippen MR) is 162 cm³/mol. The van der Waals surface area contributed by atoms with Gasteiger partial charge in [-0.1, -0.05) is 12.1 Å². The predicted octanol–water partition coefficient (Wildman–Crippen LogP) is 6.20. The largest absolute Gasteiger partial charge is 0.478 e. The molecule has 2 saturated heterocycles. The van der Waals surface area contributed by atoms with Crippen LogP contribution in [-0.4, -0.2) is 50.5 Å². The van der Waals surface area contributed by atoms with Gasteiger partial charge in [0.2, 0.25) is 5.88 Å². The number of carbonyl (C=O) groups is 1. The van der Waals surface area contributed by atoms with E-state index in [1.807, 2.05) is 10.6 Å². The molecule has 0 aliphatic carbocycles. The molecule has 9 nitrogen and oxygen atoms in total. The first-order valence-electron chi connectivity index (χ1n) is 14.9. The summed E-state index contributed by atoms with van der Waals surface area (Å²) in [7, 11) is 0. The van der Waals surface area contributed by atoms with Crippen molar-refractivity contribution in [2.24, 2.45) is 0 Å². The molecule has 238 valence electrons. The average molecular weight is 641 g/mol. The summed E-state index contributed by atoms with van der Waals surface area (Å²) in [5.74, 6) is -2.61. The van der Waals surface area contributed by atoms with E-state index in [-0.39, 0.29) is 58.5 Å². The van der Waals surface area contributed by atoms with Gasteiger partial charge in [-0.05, 0) is 60.5 Å². The number of aromatic carboxylic acids is 1. The molecule has 2 aliphatic heterocycles. The van der Waals surface area contributed by atoms with Crippen LogP contribution >= 0.6 is 0 Å². The lowest BCUT2D eigenvalue weighted by molar-refractivity contribution is -0.0627. The Morgan fingerprint density at radius 2 is 1.89 bits per heavy atom. The second-order valence-electron chi connectivity index (χ2n) is 11.7. The Labute approximate surface area is 266 Å². The van der Waals surface area contributed by atoms with Crippen LogP contribution in [0.25, 0.3) is 22.3 Å². The molecule has 0 unspecified atom stereocenters. The van der Waals surface area contributed by atoms with E-state index in [0.717, 1.165) is 24.6 Å².